The Bertz CT molecular complexity index is 962. The van der Waals surface area contributed by atoms with E-state index in [0.717, 1.165) is 12.0 Å². The molecule has 0 aliphatic heterocycles. The van der Waals surface area contributed by atoms with E-state index in [4.69, 9.17) is 9.47 Å². The monoisotopic (exact) mass is 549 g/mol. The molecule has 2 rings (SSSR count). The standard InChI is InChI=1S/C28H43N3O6S/c1-8-36-23(32)13-15-29-25(33)24(20-11-9-18(2)10-12-20)31(22-17-19(22)3)26(34)21(14-16-38-7)30-27(35)37-28(4,5)6/h9-12,19,21-22,24H,8,13-17H2,1-7H3,(H,29,33)(H,30,35). The lowest BCUT2D eigenvalue weighted by Gasteiger charge is -2.35. The van der Waals surface area contributed by atoms with Crippen molar-refractivity contribution in [2.24, 2.45) is 5.92 Å². The number of nitrogens with zero attached hydrogens (tertiary/aromatic N) is 1. The molecule has 212 valence electrons. The lowest BCUT2D eigenvalue weighted by Crippen LogP contribution is -2.54. The molecule has 0 saturated heterocycles. The maximum Gasteiger partial charge on any atom is 0.408 e. The van der Waals surface area contributed by atoms with E-state index in [9.17, 15) is 19.2 Å². The van der Waals surface area contributed by atoms with Gasteiger partial charge in [0.2, 0.25) is 11.8 Å². The van der Waals surface area contributed by atoms with Crippen molar-refractivity contribution in [3.05, 3.63) is 35.4 Å². The number of rotatable bonds is 13. The molecule has 4 atom stereocenters. The molecule has 4 unspecified atom stereocenters. The Morgan fingerprint density at radius 1 is 1.16 bits per heavy atom. The summed E-state index contributed by atoms with van der Waals surface area (Å²) in [7, 11) is 0. The second kappa shape index (κ2) is 14.4. The van der Waals surface area contributed by atoms with Crippen LogP contribution < -0.4 is 10.6 Å². The summed E-state index contributed by atoms with van der Waals surface area (Å²) < 4.78 is 10.4. The van der Waals surface area contributed by atoms with Gasteiger partial charge in [-0.25, -0.2) is 4.79 Å². The number of thioether (sulfide) groups is 1. The van der Waals surface area contributed by atoms with Gasteiger partial charge in [0.15, 0.2) is 0 Å². The highest BCUT2D eigenvalue weighted by atomic mass is 32.2. The maximum absolute atomic E-state index is 14.1. The van der Waals surface area contributed by atoms with Gasteiger partial charge < -0.3 is 25.0 Å². The van der Waals surface area contributed by atoms with Crippen LogP contribution >= 0.6 is 11.8 Å². The zero-order valence-corrected chi connectivity index (χ0v) is 24.5. The van der Waals surface area contributed by atoms with Gasteiger partial charge in [-0.1, -0.05) is 36.8 Å². The molecule has 0 bridgehead atoms. The number of nitrogens with one attached hydrogen (secondary N) is 2. The van der Waals surface area contributed by atoms with E-state index in [1.807, 2.05) is 44.4 Å². The average molecular weight is 550 g/mol. The third-order valence-corrected chi connectivity index (χ3v) is 6.78. The molecule has 1 aromatic carbocycles. The Labute approximate surface area is 230 Å². The van der Waals surface area contributed by atoms with Crippen molar-refractivity contribution in [1.82, 2.24) is 15.5 Å². The van der Waals surface area contributed by atoms with Crippen molar-refractivity contribution in [3.8, 4) is 0 Å². The number of hydrogen-bond donors (Lipinski definition) is 2. The van der Waals surface area contributed by atoms with Gasteiger partial charge in [0, 0.05) is 12.6 Å². The fraction of sp³-hybridized carbons (Fsp3) is 0.643. The Morgan fingerprint density at radius 2 is 1.79 bits per heavy atom. The topological polar surface area (TPSA) is 114 Å². The van der Waals surface area contributed by atoms with Crippen LogP contribution in [-0.2, 0) is 23.9 Å². The Hall–Kier alpha value is -2.75. The molecule has 2 N–H and O–H groups in total. The Kier molecular flexibility index (Phi) is 11.9. The van der Waals surface area contributed by atoms with Gasteiger partial charge in [-0.05, 0) is 71.0 Å². The van der Waals surface area contributed by atoms with Gasteiger partial charge in [0.1, 0.15) is 17.7 Å². The van der Waals surface area contributed by atoms with Crippen LogP contribution in [0.4, 0.5) is 4.79 Å². The number of esters is 1. The summed E-state index contributed by atoms with van der Waals surface area (Å²) in [5.74, 6) is -0.262. The molecule has 0 radical (unpaired) electrons. The van der Waals surface area contributed by atoms with Crippen LogP contribution in [0.15, 0.2) is 24.3 Å². The minimum Gasteiger partial charge on any atom is -0.466 e. The van der Waals surface area contributed by atoms with E-state index < -0.39 is 29.7 Å². The van der Waals surface area contributed by atoms with E-state index >= 15 is 0 Å². The van der Waals surface area contributed by atoms with Crippen LogP contribution in [0.2, 0.25) is 0 Å². The number of carbonyl (C=O) groups excluding carboxylic acids is 4. The van der Waals surface area contributed by atoms with Crippen LogP contribution in [0.25, 0.3) is 0 Å². The van der Waals surface area contributed by atoms with Crippen molar-refractivity contribution in [2.45, 2.75) is 84.5 Å². The molecule has 3 amide bonds. The summed E-state index contributed by atoms with van der Waals surface area (Å²) in [5, 5.41) is 5.58. The Morgan fingerprint density at radius 3 is 2.32 bits per heavy atom. The second-order valence-electron chi connectivity index (χ2n) is 10.7. The van der Waals surface area contributed by atoms with E-state index in [1.54, 1.807) is 44.4 Å². The van der Waals surface area contributed by atoms with Gasteiger partial charge in [0.25, 0.3) is 0 Å². The molecule has 1 fully saturated rings. The number of alkyl carbamates (subject to hydrolysis) is 1. The summed E-state index contributed by atoms with van der Waals surface area (Å²) >= 11 is 1.57. The first-order chi connectivity index (χ1) is 17.9. The quantitative estimate of drug-likeness (QED) is 0.358. The molecule has 1 aliphatic rings. The molecule has 38 heavy (non-hydrogen) atoms. The van der Waals surface area contributed by atoms with Crippen LogP contribution in [0.1, 0.15) is 71.0 Å². The first-order valence-electron chi connectivity index (χ1n) is 13.2. The lowest BCUT2D eigenvalue weighted by atomic mass is 10.0. The van der Waals surface area contributed by atoms with Crippen LogP contribution in [-0.4, -0.2) is 71.6 Å². The molecular weight excluding hydrogens is 506 g/mol. The molecule has 0 heterocycles. The fourth-order valence-corrected chi connectivity index (χ4v) is 4.57. The largest absolute Gasteiger partial charge is 0.466 e. The summed E-state index contributed by atoms with van der Waals surface area (Å²) in [6, 6.07) is 5.56. The summed E-state index contributed by atoms with van der Waals surface area (Å²) in [4.78, 5) is 53.8. The normalized spacial score (nSPS) is 18.1. The van der Waals surface area contributed by atoms with Crippen molar-refractivity contribution in [2.75, 3.05) is 25.2 Å². The molecule has 0 spiro atoms. The highest BCUT2D eigenvalue weighted by Crippen LogP contribution is 2.41. The summed E-state index contributed by atoms with van der Waals surface area (Å²) in [6.07, 6.45) is 2.44. The third kappa shape index (κ3) is 9.85. The van der Waals surface area contributed by atoms with Crippen molar-refractivity contribution in [3.63, 3.8) is 0 Å². The van der Waals surface area contributed by atoms with Crippen molar-refractivity contribution >= 4 is 35.6 Å². The van der Waals surface area contributed by atoms with Crippen molar-refractivity contribution in [1.29, 1.82) is 0 Å². The molecule has 9 nitrogen and oxygen atoms in total. The third-order valence-electron chi connectivity index (χ3n) is 6.13. The zero-order valence-electron chi connectivity index (χ0n) is 23.7. The second-order valence-corrected chi connectivity index (χ2v) is 11.7. The average Bonchev–Trinajstić information content (AvgIpc) is 3.55. The summed E-state index contributed by atoms with van der Waals surface area (Å²) in [5.41, 5.74) is 0.973. The van der Waals surface area contributed by atoms with Crippen LogP contribution in [0.5, 0.6) is 0 Å². The van der Waals surface area contributed by atoms with Crippen molar-refractivity contribution < 1.29 is 28.7 Å². The maximum atomic E-state index is 14.1. The SMILES string of the molecule is CCOC(=O)CCNC(=O)C(c1ccc(C)cc1)N(C(=O)C(CCSC)NC(=O)OC(C)(C)C)C1CC1C. The van der Waals surface area contributed by atoms with E-state index in [1.165, 1.54) is 0 Å². The number of amides is 3. The smallest absolute Gasteiger partial charge is 0.408 e. The summed E-state index contributed by atoms with van der Waals surface area (Å²) in [6.45, 7) is 11.4. The zero-order chi connectivity index (χ0) is 28.5. The molecular formula is C28H43N3O6S. The van der Waals surface area contributed by atoms with Crippen LogP contribution in [0, 0.1) is 12.8 Å². The number of hydrogen-bond acceptors (Lipinski definition) is 7. The van der Waals surface area contributed by atoms with Gasteiger partial charge >= 0.3 is 12.1 Å². The van der Waals surface area contributed by atoms with Crippen LogP contribution in [0.3, 0.4) is 0 Å². The minimum absolute atomic E-state index is 0.0323. The molecule has 1 aromatic rings. The highest BCUT2D eigenvalue weighted by Gasteiger charge is 2.48. The minimum atomic E-state index is -0.919. The van der Waals surface area contributed by atoms with E-state index in [0.29, 0.717) is 17.7 Å². The number of carbonyl (C=O) groups is 4. The van der Waals surface area contributed by atoms with Gasteiger partial charge in [-0.3, -0.25) is 14.4 Å². The number of ether oxygens (including phenoxy) is 2. The highest BCUT2D eigenvalue weighted by molar-refractivity contribution is 7.98. The van der Waals surface area contributed by atoms with E-state index in [-0.39, 0.29) is 43.3 Å². The molecule has 1 saturated carbocycles. The van der Waals surface area contributed by atoms with Gasteiger partial charge in [-0.15, -0.1) is 0 Å². The van der Waals surface area contributed by atoms with E-state index in [2.05, 4.69) is 10.6 Å². The number of benzene rings is 1. The predicted octanol–water partition coefficient (Wildman–Crippen LogP) is 3.99. The first kappa shape index (κ1) is 31.5. The molecule has 0 aromatic heterocycles. The number of aryl methyl sites for hydroxylation is 1. The van der Waals surface area contributed by atoms with Gasteiger partial charge in [-0.2, -0.15) is 11.8 Å². The lowest BCUT2D eigenvalue weighted by molar-refractivity contribution is -0.145. The molecule has 10 heteroatoms. The van der Waals surface area contributed by atoms with Gasteiger partial charge in [0.05, 0.1) is 13.0 Å². The molecule has 1 aliphatic carbocycles. The fourth-order valence-electron chi connectivity index (χ4n) is 4.10. The first-order valence-corrected chi connectivity index (χ1v) is 14.6. The Balaban J connectivity index is 2.39. The predicted molar refractivity (Wildman–Crippen MR) is 149 cm³/mol.